The van der Waals surface area contributed by atoms with Crippen LogP contribution in [0.1, 0.15) is 40.2 Å². The van der Waals surface area contributed by atoms with Crippen molar-refractivity contribution < 1.29 is 14.3 Å². The number of hydrogen-bond donors (Lipinski definition) is 2. The van der Waals surface area contributed by atoms with Crippen LogP contribution in [0.25, 0.3) is 0 Å². The Morgan fingerprint density at radius 3 is 2.38 bits per heavy atom. The highest BCUT2D eigenvalue weighted by Gasteiger charge is 2.42. The van der Waals surface area contributed by atoms with E-state index >= 15 is 0 Å². The van der Waals surface area contributed by atoms with Gasteiger partial charge in [0.15, 0.2) is 0 Å². The molecule has 0 spiro atoms. The smallest absolute Gasteiger partial charge is 0.251 e. The van der Waals surface area contributed by atoms with Gasteiger partial charge in [-0.15, -0.1) is 0 Å². The number of aromatic nitrogens is 1. The first kappa shape index (κ1) is 19.8. The third kappa shape index (κ3) is 4.27. The predicted molar refractivity (Wildman–Crippen MR) is 111 cm³/mol. The number of anilines is 1. The van der Waals surface area contributed by atoms with Crippen LogP contribution in [0, 0.1) is 38.4 Å². The van der Waals surface area contributed by atoms with E-state index in [0.717, 1.165) is 30.9 Å². The maximum atomic E-state index is 13.6. The van der Waals surface area contributed by atoms with Gasteiger partial charge in [0.25, 0.3) is 5.91 Å². The molecular formula is C23H28FN3O2. The van der Waals surface area contributed by atoms with Crippen LogP contribution in [0.3, 0.4) is 0 Å². The average molecular weight is 397 g/mol. The maximum absolute atomic E-state index is 13.6. The first-order valence-electron chi connectivity index (χ1n) is 10.2. The minimum Gasteiger partial charge on any atom is -0.391 e. The van der Waals surface area contributed by atoms with E-state index in [2.05, 4.69) is 27.3 Å². The molecule has 154 valence electrons. The Morgan fingerprint density at radius 1 is 1.07 bits per heavy atom. The van der Waals surface area contributed by atoms with Crippen molar-refractivity contribution in [3.8, 4) is 0 Å². The molecular weight excluding hydrogens is 369 g/mol. The number of aliphatic hydroxyl groups excluding tert-OH is 1. The fourth-order valence-electron chi connectivity index (χ4n) is 4.91. The van der Waals surface area contributed by atoms with E-state index in [9.17, 15) is 14.3 Å². The molecule has 2 N–H and O–H groups in total. The molecule has 1 aliphatic carbocycles. The summed E-state index contributed by atoms with van der Waals surface area (Å²) in [6.07, 6.45) is 0.804. The summed E-state index contributed by atoms with van der Waals surface area (Å²) >= 11 is 0. The number of benzene rings is 1. The molecule has 1 aromatic heterocycles. The van der Waals surface area contributed by atoms with Gasteiger partial charge >= 0.3 is 0 Å². The Kier molecular flexibility index (Phi) is 5.30. The molecule has 1 aliphatic heterocycles. The van der Waals surface area contributed by atoms with Gasteiger partial charge in [0.05, 0.1) is 12.1 Å². The quantitative estimate of drug-likeness (QED) is 0.835. The summed E-state index contributed by atoms with van der Waals surface area (Å²) in [6.45, 7) is 7.59. The molecule has 4 atom stereocenters. The van der Waals surface area contributed by atoms with Gasteiger partial charge in [0.1, 0.15) is 5.82 Å². The highest BCUT2D eigenvalue weighted by atomic mass is 19.1. The van der Waals surface area contributed by atoms with E-state index in [0.29, 0.717) is 29.4 Å². The molecule has 2 aliphatic rings. The van der Waals surface area contributed by atoms with Crippen molar-refractivity contribution in [2.24, 2.45) is 11.8 Å². The van der Waals surface area contributed by atoms with Gasteiger partial charge in [0, 0.05) is 35.7 Å². The molecule has 1 saturated heterocycles. The van der Waals surface area contributed by atoms with Gasteiger partial charge in [-0.3, -0.25) is 9.78 Å². The molecule has 0 radical (unpaired) electrons. The molecule has 6 heteroatoms. The first-order valence-corrected chi connectivity index (χ1v) is 10.2. The summed E-state index contributed by atoms with van der Waals surface area (Å²) in [6, 6.07) is 8.20. The van der Waals surface area contributed by atoms with Crippen LogP contribution in [-0.4, -0.2) is 41.2 Å². The number of halogens is 1. The van der Waals surface area contributed by atoms with Gasteiger partial charge < -0.3 is 15.3 Å². The summed E-state index contributed by atoms with van der Waals surface area (Å²) in [5.74, 6) is 0.0641. The summed E-state index contributed by atoms with van der Waals surface area (Å²) < 4.78 is 13.6. The number of fused-ring (bicyclic) bond motifs is 1. The van der Waals surface area contributed by atoms with Crippen molar-refractivity contribution in [3.05, 3.63) is 58.7 Å². The highest BCUT2D eigenvalue weighted by Crippen LogP contribution is 2.38. The number of hydrogen-bond acceptors (Lipinski definition) is 4. The zero-order chi connectivity index (χ0) is 20.7. The lowest BCUT2D eigenvalue weighted by Crippen LogP contribution is -2.49. The third-order valence-corrected chi connectivity index (χ3v) is 6.19. The van der Waals surface area contributed by atoms with Crippen LogP contribution in [0.15, 0.2) is 30.3 Å². The van der Waals surface area contributed by atoms with Crippen LogP contribution in [0.4, 0.5) is 10.1 Å². The molecule has 2 fully saturated rings. The molecule has 2 aromatic rings. The van der Waals surface area contributed by atoms with Crippen LogP contribution in [-0.2, 0) is 0 Å². The van der Waals surface area contributed by atoms with Crippen LogP contribution in [0.5, 0.6) is 0 Å². The Bertz CT molecular complexity index is 892. The zero-order valence-electron chi connectivity index (χ0n) is 17.2. The molecule has 1 aromatic carbocycles. The summed E-state index contributed by atoms with van der Waals surface area (Å²) in [7, 11) is 0. The van der Waals surface area contributed by atoms with Crippen molar-refractivity contribution in [3.63, 3.8) is 0 Å². The van der Waals surface area contributed by atoms with Gasteiger partial charge in [-0.2, -0.15) is 0 Å². The van der Waals surface area contributed by atoms with Gasteiger partial charge in [-0.1, -0.05) is 0 Å². The standard InChI is InChI=1S/C23H28FN3O2/c1-13-4-16(8-19(24)5-13)23(29)26-21-9-17-11-27(12-18(17)10-22(21)28)20-6-14(2)25-15(3)7-20/h4-8,17-18,21-22,28H,9-12H2,1-3H3,(H,26,29)/t17-,18+,21-,22-/m0/s1. The number of nitrogens with zero attached hydrogens (tertiary/aromatic N) is 2. The predicted octanol–water partition coefficient (Wildman–Crippen LogP) is 3.15. The second-order valence-corrected chi connectivity index (χ2v) is 8.67. The SMILES string of the molecule is Cc1cc(F)cc(C(=O)N[C@H]2C[C@H]3CN(c4cc(C)nc(C)c4)C[C@H]3C[C@@H]2O)c1. The Hall–Kier alpha value is -2.47. The van der Waals surface area contributed by atoms with Crippen LogP contribution < -0.4 is 10.2 Å². The van der Waals surface area contributed by atoms with E-state index in [-0.39, 0.29) is 11.9 Å². The second-order valence-electron chi connectivity index (χ2n) is 8.67. The lowest BCUT2D eigenvalue weighted by molar-refractivity contribution is 0.0462. The number of rotatable bonds is 3. The molecule has 1 saturated carbocycles. The van der Waals surface area contributed by atoms with Crippen molar-refractivity contribution in [2.75, 3.05) is 18.0 Å². The number of carbonyl (C=O) groups is 1. The zero-order valence-corrected chi connectivity index (χ0v) is 17.2. The van der Waals surface area contributed by atoms with E-state index in [1.165, 1.54) is 17.8 Å². The lowest BCUT2D eigenvalue weighted by Gasteiger charge is -2.35. The second kappa shape index (κ2) is 7.75. The minimum atomic E-state index is -0.587. The molecule has 0 unspecified atom stereocenters. The normalized spacial score (nSPS) is 26.3. The fraction of sp³-hybridized carbons (Fsp3) is 0.478. The van der Waals surface area contributed by atoms with E-state index < -0.39 is 11.9 Å². The summed E-state index contributed by atoms with van der Waals surface area (Å²) in [5.41, 5.74) is 4.19. The fourth-order valence-corrected chi connectivity index (χ4v) is 4.91. The van der Waals surface area contributed by atoms with Crippen molar-refractivity contribution in [1.29, 1.82) is 0 Å². The number of aryl methyl sites for hydroxylation is 3. The molecule has 29 heavy (non-hydrogen) atoms. The average Bonchev–Trinajstić information content (AvgIpc) is 3.03. The number of nitrogens with one attached hydrogen (secondary N) is 1. The van der Waals surface area contributed by atoms with Crippen LogP contribution >= 0.6 is 0 Å². The lowest BCUT2D eigenvalue weighted by atomic mass is 9.77. The van der Waals surface area contributed by atoms with Gasteiger partial charge in [-0.25, -0.2) is 4.39 Å². The number of carbonyl (C=O) groups excluding carboxylic acids is 1. The number of aliphatic hydroxyl groups is 1. The Morgan fingerprint density at radius 2 is 1.72 bits per heavy atom. The molecule has 4 rings (SSSR count). The highest BCUT2D eigenvalue weighted by molar-refractivity contribution is 5.94. The maximum Gasteiger partial charge on any atom is 0.251 e. The van der Waals surface area contributed by atoms with Gasteiger partial charge in [0.2, 0.25) is 0 Å². The van der Waals surface area contributed by atoms with E-state index in [4.69, 9.17) is 0 Å². The molecule has 2 heterocycles. The van der Waals surface area contributed by atoms with Crippen molar-refractivity contribution >= 4 is 11.6 Å². The van der Waals surface area contributed by atoms with Gasteiger partial charge in [-0.05, 0) is 81.3 Å². The third-order valence-electron chi connectivity index (χ3n) is 6.19. The number of amides is 1. The van der Waals surface area contributed by atoms with Crippen molar-refractivity contribution in [1.82, 2.24) is 10.3 Å². The van der Waals surface area contributed by atoms with E-state index in [1.54, 1.807) is 13.0 Å². The first-order chi connectivity index (χ1) is 13.8. The van der Waals surface area contributed by atoms with Crippen molar-refractivity contribution in [2.45, 2.75) is 45.8 Å². The Balaban J connectivity index is 1.44. The summed E-state index contributed by atoms with van der Waals surface area (Å²) in [4.78, 5) is 19.4. The topological polar surface area (TPSA) is 65.5 Å². The minimum absolute atomic E-state index is 0.299. The number of pyridine rings is 1. The van der Waals surface area contributed by atoms with Crippen LogP contribution in [0.2, 0.25) is 0 Å². The largest absolute Gasteiger partial charge is 0.391 e. The summed E-state index contributed by atoms with van der Waals surface area (Å²) in [5, 5.41) is 13.6. The molecule has 0 bridgehead atoms. The Labute approximate surface area is 171 Å². The molecule has 1 amide bonds. The monoisotopic (exact) mass is 397 g/mol. The molecule has 5 nitrogen and oxygen atoms in total. The van der Waals surface area contributed by atoms with E-state index in [1.807, 2.05) is 13.8 Å².